The number of hydrogen-bond acceptors (Lipinski definition) is 4. The highest BCUT2D eigenvalue weighted by atomic mass is 32.1. The molecule has 0 fully saturated rings. The number of ether oxygens (including phenoxy) is 1. The molecule has 0 unspecified atom stereocenters. The summed E-state index contributed by atoms with van der Waals surface area (Å²) in [7, 11) is 1.38. The highest BCUT2D eigenvalue weighted by Crippen LogP contribution is 2.27. The van der Waals surface area contributed by atoms with Crippen LogP contribution in [0.4, 0.5) is 0 Å². The highest BCUT2D eigenvalue weighted by Gasteiger charge is 2.17. The first-order chi connectivity index (χ1) is 7.74. The second-order valence-corrected chi connectivity index (χ2v) is 4.12. The monoisotopic (exact) mass is 233 g/mol. The van der Waals surface area contributed by atoms with Gasteiger partial charge in [-0.2, -0.15) is 4.37 Å². The van der Waals surface area contributed by atoms with E-state index in [2.05, 4.69) is 4.37 Å². The summed E-state index contributed by atoms with van der Waals surface area (Å²) in [5, 5.41) is 0. The van der Waals surface area contributed by atoms with Gasteiger partial charge in [0.15, 0.2) is 0 Å². The SMILES string of the molecule is COC(=O)c1snc(-c2ccccc2)c1C. The molecule has 0 atom stereocenters. The molecule has 0 saturated carbocycles. The number of benzene rings is 1. The molecule has 1 aromatic heterocycles. The summed E-state index contributed by atoms with van der Waals surface area (Å²) in [6.07, 6.45) is 0. The Morgan fingerprint density at radius 1 is 1.31 bits per heavy atom. The van der Waals surface area contributed by atoms with Crippen molar-refractivity contribution in [3.63, 3.8) is 0 Å². The fraction of sp³-hybridized carbons (Fsp3) is 0.167. The molecule has 3 nitrogen and oxygen atoms in total. The zero-order chi connectivity index (χ0) is 11.5. The minimum Gasteiger partial charge on any atom is -0.465 e. The smallest absolute Gasteiger partial charge is 0.349 e. The highest BCUT2D eigenvalue weighted by molar-refractivity contribution is 7.08. The van der Waals surface area contributed by atoms with Crippen LogP contribution >= 0.6 is 11.5 Å². The van der Waals surface area contributed by atoms with Gasteiger partial charge in [0, 0.05) is 11.1 Å². The molecule has 0 aliphatic heterocycles. The van der Waals surface area contributed by atoms with E-state index in [0.29, 0.717) is 4.88 Å². The number of carbonyl (C=O) groups excluding carboxylic acids is 1. The Hall–Kier alpha value is -1.68. The average Bonchev–Trinajstić information content (AvgIpc) is 2.71. The molecule has 2 rings (SSSR count). The molecule has 4 heteroatoms. The van der Waals surface area contributed by atoms with Crippen LogP contribution in [0.2, 0.25) is 0 Å². The Kier molecular flexibility index (Phi) is 3.01. The summed E-state index contributed by atoms with van der Waals surface area (Å²) in [6.45, 7) is 1.89. The molecular formula is C12H11NO2S. The Balaban J connectivity index is 2.45. The van der Waals surface area contributed by atoms with Crippen molar-refractivity contribution in [1.82, 2.24) is 4.37 Å². The van der Waals surface area contributed by atoms with Crippen LogP contribution in [0, 0.1) is 6.92 Å². The van der Waals surface area contributed by atoms with Crippen LogP contribution in [0.25, 0.3) is 11.3 Å². The predicted octanol–water partition coefficient (Wildman–Crippen LogP) is 2.91. The van der Waals surface area contributed by atoms with Crippen molar-refractivity contribution in [2.45, 2.75) is 6.92 Å². The number of nitrogens with zero attached hydrogens (tertiary/aromatic N) is 1. The molecule has 0 aliphatic carbocycles. The summed E-state index contributed by atoms with van der Waals surface area (Å²) in [5.74, 6) is -0.322. The molecule has 82 valence electrons. The normalized spacial score (nSPS) is 10.1. The van der Waals surface area contributed by atoms with Crippen LogP contribution in [-0.4, -0.2) is 17.5 Å². The van der Waals surface area contributed by atoms with E-state index in [0.717, 1.165) is 16.8 Å². The summed E-state index contributed by atoms with van der Waals surface area (Å²) >= 11 is 1.18. The number of aromatic nitrogens is 1. The first-order valence-corrected chi connectivity index (χ1v) is 5.61. The fourth-order valence-electron chi connectivity index (χ4n) is 1.48. The maximum atomic E-state index is 11.4. The van der Waals surface area contributed by atoms with Gasteiger partial charge in [-0.3, -0.25) is 0 Å². The van der Waals surface area contributed by atoms with Crippen molar-refractivity contribution in [3.8, 4) is 11.3 Å². The van der Waals surface area contributed by atoms with Crippen molar-refractivity contribution >= 4 is 17.5 Å². The van der Waals surface area contributed by atoms with Gasteiger partial charge in [-0.25, -0.2) is 4.79 Å². The molecule has 2 aromatic rings. The van der Waals surface area contributed by atoms with Crippen molar-refractivity contribution < 1.29 is 9.53 Å². The molecule has 0 bridgehead atoms. The molecule has 0 spiro atoms. The number of esters is 1. The van der Waals surface area contributed by atoms with Gasteiger partial charge in [-0.1, -0.05) is 30.3 Å². The minimum absolute atomic E-state index is 0.322. The van der Waals surface area contributed by atoms with E-state index in [1.165, 1.54) is 18.6 Å². The van der Waals surface area contributed by atoms with E-state index >= 15 is 0 Å². The van der Waals surface area contributed by atoms with Gasteiger partial charge in [0.1, 0.15) is 4.88 Å². The third kappa shape index (κ3) is 1.84. The summed E-state index contributed by atoms with van der Waals surface area (Å²) in [4.78, 5) is 12.0. The first-order valence-electron chi connectivity index (χ1n) is 4.84. The lowest BCUT2D eigenvalue weighted by Gasteiger charge is -1.99. The maximum absolute atomic E-state index is 11.4. The summed E-state index contributed by atoms with van der Waals surface area (Å²) in [6, 6.07) is 9.80. The second kappa shape index (κ2) is 4.45. The third-order valence-electron chi connectivity index (χ3n) is 2.34. The Morgan fingerprint density at radius 3 is 2.62 bits per heavy atom. The molecule has 1 heterocycles. The zero-order valence-electron chi connectivity index (χ0n) is 9.06. The lowest BCUT2D eigenvalue weighted by Crippen LogP contribution is -1.99. The van der Waals surface area contributed by atoms with E-state index < -0.39 is 0 Å². The van der Waals surface area contributed by atoms with E-state index in [4.69, 9.17) is 4.74 Å². The van der Waals surface area contributed by atoms with Crippen LogP contribution in [0.15, 0.2) is 30.3 Å². The largest absolute Gasteiger partial charge is 0.465 e. The van der Waals surface area contributed by atoms with Crippen LogP contribution in [0.1, 0.15) is 15.2 Å². The van der Waals surface area contributed by atoms with Crippen LogP contribution in [-0.2, 0) is 4.74 Å². The third-order valence-corrected chi connectivity index (χ3v) is 3.27. The van der Waals surface area contributed by atoms with Gasteiger partial charge in [0.05, 0.1) is 12.8 Å². The van der Waals surface area contributed by atoms with E-state index in [1.54, 1.807) is 0 Å². The van der Waals surface area contributed by atoms with Gasteiger partial charge >= 0.3 is 5.97 Å². The van der Waals surface area contributed by atoms with E-state index in [9.17, 15) is 4.79 Å². The van der Waals surface area contributed by atoms with Gasteiger partial charge in [-0.05, 0) is 18.5 Å². The average molecular weight is 233 g/mol. The van der Waals surface area contributed by atoms with E-state index in [-0.39, 0.29) is 5.97 Å². The van der Waals surface area contributed by atoms with Crippen LogP contribution in [0.5, 0.6) is 0 Å². The van der Waals surface area contributed by atoms with Crippen LogP contribution < -0.4 is 0 Å². The number of hydrogen-bond donors (Lipinski definition) is 0. The number of rotatable bonds is 2. The van der Waals surface area contributed by atoms with Crippen molar-refractivity contribution in [1.29, 1.82) is 0 Å². The zero-order valence-corrected chi connectivity index (χ0v) is 9.88. The fourth-order valence-corrected chi connectivity index (χ4v) is 2.30. The van der Waals surface area contributed by atoms with Crippen LogP contribution in [0.3, 0.4) is 0 Å². The standard InChI is InChI=1S/C12H11NO2S/c1-8-10(9-6-4-3-5-7-9)13-16-11(8)12(14)15-2/h3-7H,1-2H3. The van der Waals surface area contributed by atoms with Gasteiger partial charge in [0.25, 0.3) is 0 Å². The Bertz CT molecular complexity index is 505. The van der Waals surface area contributed by atoms with Gasteiger partial charge in [0.2, 0.25) is 0 Å². The van der Waals surface area contributed by atoms with Gasteiger partial charge < -0.3 is 4.74 Å². The molecule has 16 heavy (non-hydrogen) atoms. The molecule has 0 aliphatic rings. The quantitative estimate of drug-likeness (QED) is 0.749. The lowest BCUT2D eigenvalue weighted by atomic mass is 10.1. The maximum Gasteiger partial charge on any atom is 0.349 e. The number of carbonyl (C=O) groups is 1. The van der Waals surface area contributed by atoms with Crippen molar-refractivity contribution in [2.24, 2.45) is 0 Å². The number of methoxy groups -OCH3 is 1. The minimum atomic E-state index is -0.322. The van der Waals surface area contributed by atoms with Gasteiger partial charge in [-0.15, -0.1) is 0 Å². The Morgan fingerprint density at radius 2 is 2.00 bits per heavy atom. The topological polar surface area (TPSA) is 39.2 Å². The molecule has 0 N–H and O–H groups in total. The lowest BCUT2D eigenvalue weighted by molar-refractivity contribution is 0.0605. The first kappa shape index (κ1) is 10.8. The molecule has 0 amide bonds. The molecule has 0 radical (unpaired) electrons. The van der Waals surface area contributed by atoms with Crippen molar-refractivity contribution in [2.75, 3.05) is 7.11 Å². The molecule has 1 aromatic carbocycles. The summed E-state index contributed by atoms with van der Waals surface area (Å²) < 4.78 is 8.99. The molecule has 0 saturated heterocycles. The van der Waals surface area contributed by atoms with E-state index in [1.807, 2.05) is 37.3 Å². The van der Waals surface area contributed by atoms with Crippen molar-refractivity contribution in [3.05, 3.63) is 40.8 Å². The molecular weight excluding hydrogens is 222 g/mol. The predicted molar refractivity (Wildman–Crippen MR) is 63.6 cm³/mol. The second-order valence-electron chi connectivity index (χ2n) is 3.34. The summed E-state index contributed by atoms with van der Waals surface area (Å²) in [5.41, 5.74) is 2.75. The Labute approximate surface area is 97.9 Å².